The van der Waals surface area contributed by atoms with Crippen molar-refractivity contribution in [2.45, 2.75) is 37.5 Å². The van der Waals surface area contributed by atoms with E-state index in [0.717, 1.165) is 19.3 Å². The van der Waals surface area contributed by atoms with Crippen LogP contribution >= 0.6 is 0 Å². The van der Waals surface area contributed by atoms with Gasteiger partial charge < -0.3 is 5.32 Å². The normalized spacial score (nSPS) is 15.8. The first-order valence-corrected chi connectivity index (χ1v) is 9.76. The number of amidine groups is 1. The summed E-state index contributed by atoms with van der Waals surface area (Å²) in [5.74, 6) is 0.176. The molecule has 0 radical (unpaired) electrons. The van der Waals surface area contributed by atoms with Gasteiger partial charge in [-0.15, -0.1) is 0 Å². The largest absolute Gasteiger partial charge is 0.322 e. The Kier molecular flexibility index (Phi) is 6.94. The monoisotopic (exact) mass is 361 g/mol. The molecule has 0 saturated heterocycles. The molecule has 2 N–H and O–H groups in total. The molecule has 1 aromatic rings. The average molecular weight is 361 g/mol. The molecule has 25 heavy (non-hydrogen) atoms. The Balaban J connectivity index is 2.11. The van der Waals surface area contributed by atoms with Crippen LogP contribution < -0.4 is 10.0 Å². The van der Waals surface area contributed by atoms with Crippen LogP contribution in [-0.4, -0.2) is 26.7 Å². The fourth-order valence-electron chi connectivity index (χ4n) is 2.35. The number of carbonyl (C=O) groups excluding carboxylic acids is 1. The lowest BCUT2D eigenvalue weighted by molar-refractivity contribution is -0.111. The Morgan fingerprint density at radius 2 is 2.04 bits per heavy atom. The first-order chi connectivity index (χ1) is 12.0. The number of anilines is 1. The van der Waals surface area contributed by atoms with Crippen molar-refractivity contribution >= 4 is 27.5 Å². The van der Waals surface area contributed by atoms with Crippen molar-refractivity contribution in [3.8, 4) is 0 Å². The molecule has 0 spiro atoms. The molecule has 0 aliphatic carbocycles. The van der Waals surface area contributed by atoms with Crippen LogP contribution in [0, 0.1) is 0 Å². The van der Waals surface area contributed by atoms with Crippen LogP contribution in [0.3, 0.4) is 0 Å². The van der Waals surface area contributed by atoms with Crippen LogP contribution in [0.5, 0.6) is 0 Å². The van der Waals surface area contributed by atoms with Gasteiger partial charge >= 0.3 is 0 Å². The van der Waals surface area contributed by atoms with Gasteiger partial charge in [0, 0.05) is 24.7 Å². The minimum Gasteiger partial charge on any atom is -0.322 e. The summed E-state index contributed by atoms with van der Waals surface area (Å²) in [6, 6.07) is 6.16. The Morgan fingerprint density at radius 1 is 1.20 bits per heavy atom. The van der Waals surface area contributed by atoms with Gasteiger partial charge in [-0.25, -0.2) is 8.42 Å². The first kappa shape index (κ1) is 18.9. The molecule has 1 amide bonds. The summed E-state index contributed by atoms with van der Waals surface area (Å²) >= 11 is 0. The highest BCUT2D eigenvalue weighted by Gasteiger charge is 2.17. The van der Waals surface area contributed by atoms with Gasteiger partial charge in [0.1, 0.15) is 5.84 Å². The predicted molar refractivity (Wildman–Crippen MR) is 100 cm³/mol. The maximum absolute atomic E-state index is 12.5. The van der Waals surface area contributed by atoms with E-state index in [9.17, 15) is 13.2 Å². The lowest BCUT2D eigenvalue weighted by atomic mass is 10.2. The number of hydrogen-bond donors (Lipinski definition) is 2. The maximum Gasteiger partial charge on any atom is 0.262 e. The van der Waals surface area contributed by atoms with E-state index in [1.165, 1.54) is 18.2 Å². The van der Waals surface area contributed by atoms with Crippen molar-refractivity contribution in [2.24, 2.45) is 4.99 Å². The molecule has 7 heteroatoms. The lowest BCUT2D eigenvalue weighted by Crippen LogP contribution is -2.30. The molecule has 0 bridgehead atoms. The number of nitrogens with zero attached hydrogens (tertiary/aromatic N) is 1. The van der Waals surface area contributed by atoms with E-state index in [1.54, 1.807) is 30.4 Å². The van der Waals surface area contributed by atoms with Crippen LogP contribution in [0.1, 0.15) is 32.6 Å². The van der Waals surface area contributed by atoms with Crippen LogP contribution in [-0.2, 0) is 14.8 Å². The Hall–Kier alpha value is -2.41. The number of aliphatic imine (C=N–C) groups is 1. The summed E-state index contributed by atoms with van der Waals surface area (Å²) in [5, 5.41) is 2.64. The van der Waals surface area contributed by atoms with Gasteiger partial charge in [0.05, 0.1) is 4.90 Å². The fraction of sp³-hybridized carbons (Fsp3) is 0.333. The molecule has 1 aliphatic rings. The molecule has 1 heterocycles. The van der Waals surface area contributed by atoms with Crippen molar-refractivity contribution in [3.05, 3.63) is 48.6 Å². The van der Waals surface area contributed by atoms with Gasteiger partial charge in [-0.1, -0.05) is 30.7 Å². The predicted octanol–water partition coefficient (Wildman–Crippen LogP) is 3.01. The minimum atomic E-state index is -3.72. The molecule has 0 aromatic heterocycles. The number of benzene rings is 1. The summed E-state index contributed by atoms with van der Waals surface area (Å²) in [6.45, 7) is 2.49. The summed E-state index contributed by atoms with van der Waals surface area (Å²) in [4.78, 5) is 16.2. The molecule has 1 aliphatic heterocycles. The van der Waals surface area contributed by atoms with Gasteiger partial charge in [0.15, 0.2) is 0 Å². The zero-order valence-electron chi connectivity index (χ0n) is 14.2. The van der Waals surface area contributed by atoms with Crippen molar-refractivity contribution in [2.75, 3.05) is 11.9 Å². The molecule has 0 fully saturated rings. The molecule has 6 nitrogen and oxygen atoms in total. The Bertz CT molecular complexity index is 796. The summed E-state index contributed by atoms with van der Waals surface area (Å²) < 4.78 is 27.6. The summed E-state index contributed by atoms with van der Waals surface area (Å²) in [5.41, 5.74) is 0.417. The van der Waals surface area contributed by atoms with Crippen molar-refractivity contribution in [1.82, 2.24) is 4.72 Å². The number of sulfonamides is 1. The molecular formula is C18H23N3O3S. The molecule has 0 saturated carbocycles. The van der Waals surface area contributed by atoms with Crippen molar-refractivity contribution in [1.29, 1.82) is 0 Å². The Morgan fingerprint density at radius 3 is 2.84 bits per heavy atom. The third-order valence-electron chi connectivity index (χ3n) is 3.59. The number of allylic oxidation sites excluding steroid dienone is 3. The van der Waals surface area contributed by atoms with Gasteiger partial charge in [0.25, 0.3) is 10.0 Å². The molecule has 0 unspecified atom stereocenters. The number of amides is 1. The quantitative estimate of drug-likeness (QED) is 0.624. The van der Waals surface area contributed by atoms with Gasteiger partial charge in [-0.05, 0) is 38.0 Å². The number of nitrogens with one attached hydrogen (secondary N) is 2. The summed E-state index contributed by atoms with van der Waals surface area (Å²) in [7, 11) is -3.72. The minimum absolute atomic E-state index is 0.0923. The second-order valence-corrected chi connectivity index (χ2v) is 7.33. The molecule has 2 rings (SSSR count). The highest BCUT2D eigenvalue weighted by molar-refractivity contribution is 7.90. The van der Waals surface area contributed by atoms with Crippen LogP contribution in [0.15, 0.2) is 58.5 Å². The zero-order chi connectivity index (χ0) is 18.1. The summed E-state index contributed by atoms with van der Waals surface area (Å²) in [6.07, 6.45) is 10.1. The molecule has 1 aromatic carbocycles. The van der Waals surface area contributed by atoms with Gasteiger partial charge in [0.2, 0.25) is 5.91 Å². The van der Waals surface area contributed by atoms with E-state index < -0.39 is 10.0 Å². The highest BCUT2D eigenvalue weighted by Crippen LogP contribution is 2.16. The van der Waals surface area contributed by atoms with Crippen LogP contribution in [0.25, 0.3) is 0 Å². The van der Waals surface area contributed by atoms with Crippen LogP contribution in [0.2, 0.25) is 0 Å². The number of carbonyl (C=O) groups is 1. The van der Waals surface area contributed by atoms with Gasteiger partial charge in [-0.3, -0.25) is 14.5 Å². The number of rotatable bonds is 5. The van der Waals surface area contributed by atoms with Crippen molar-refractivity contribution < 1.29 is 13.2 Å². The molecular weight excluding hydrogens is 338 g/mol. The zero-order valence-corrected chi connectivity index (χ0v) is 15.1. The van der Waals surface area contributed by atoms with Crippen molar-refractivity contribution in [3.63, 3.8) is 0 Å². The van der Waals surface area contributed by atoms with E-state index >= 15 is 0 Å². The second-order valence-electron chi connectivity index (χ2n) is 5.65. The third kappa shape index (κ3) is 6.19. The standard InChI is InChI=1S/C18H23N3O3S/c1-2-3-5-12-18(22)20-15-9-8-10-16(14-15)25(23,24)21-17-11-6-4-7-13-19-17/h2-3,5,8-10,12,14H,4,6-7,11,13H2,1H3,(H,19,21)(H,20,22)/b3-2+,12-5+. The topological polar surface area (TPSA) is 87.6 Å². The Labute approximate surface area is 148 Å². The van der Waals surface area contributed by atoms with E-state index in [2.05, 4.69) is 15.0 Å². The number of hydrogen-bond acceptors (Lipinski definition) is 4. The average Bonchev–Trinajstić information content (AvgIpc) is 2.83. The lowest BCUT2D eigenvalue weighted by Gasteiger charge is -2.11. The smallest absolute Gasteiger partial charge is 0.262 e. The van der Waals surface area contributed by atoms with E-state index in [0.29, 0.717) is 24.5 Å². The molecule has 134 valence electrons. The highest BCUT2D eigenvalue weighted by atomic mass is 32.2. The SMILES string of the molecule is C/C=C/C=C/C(=O)Nc1cccc(S(=O)(=O)NC2=NCCCCC2)c1. The van der Waals surface area contributed by atoms with E-state index in [1.807, 2.05) is 6.92 Å². The van der Waals surface area contributed by atoms with Crippen LogP contribution in [0.4, 0.5) is 5.69 Å². The third-order valence-corrected chi connectivity index (χ3v) is 4.97. The van der Waals surface area contributed by atoms with E-state index in [4.69, 9.17) is 0 Å². The fourth-order valence-corrected chi connectivity index (χ4v) is 3.48. The maximum atomic E-state index is 12.5. The van der Waals surface area contributed by atoms with Gasteiger partial charge in [-0.2, -0.15) is 0 Å². The molecule has 0 atom stereocenters. The first-order valence-electron chi connectivity index (χ1n) is 8.28. The van der Waals surface area contributed by atoms with E-state index in [-0.39, 0.29) is 10.8 Å². The second kappa shape index (κ2) is 9.17.